The highest BCUT2D eigenvalue weighted by molar-refractivity contribution is 6.30. The van der Waals surface area contributed by atoms with Gasteiger partial charge in [0.1, 0.15) is 5.82 Å². The van der Waals surface area contributed by atoms with Gasteiger partial charge >= 0.3 is 6.18 Å². The van der Waals surface area contributed by atoms with Crippen molar-refractivity contribution in [1.82, 2.24) is 10.2 Å². The molecule has 0 radical (unpaired) electrons. The second kappa shape index (κ2) is 11.5. The highest BCUT2D eigenvalue weighted by Gasteiger charge is 2.39. The van der Waals surface area contributed by atoms with Gasteiger partial charge < -0.3 is 5.32 Å². The highest BCUT2D eigenvalue weighted by Crippen LogP contribution is 2.41. The van der Waals surface area contributed by atoms with E-state index < -0.39 is 23.6 Å². The van der Waals surface area contributed by atoms with Crippen LogP contribution in [-0.2, 0) is 6.18 Å². The normalized spacial score (nSPS) is 16.5. The van der Waals surface area contributed by atoms with E-state index in [4.69, 9.17) is 11.6 Å². The summed E-state index contributed by atoms with van der Waals surface area (Å²) >= 11 is 5.81. The summed E-state index contributed by atoms with van der Waals surface area (Å²) in [6.07, 6.45) is -1.48. The van der Waals surface area contributed by atoms with E-state index in [1.54, 1.807) is 0 Å². The maximum absolute atomic E-state index is 14.6. The molecule has 26 heavy (non-hydrogen) atoms. The number of benzene rings is 1. The van der Waals surface area contributed by atoms with Gasteiger partial charge in [-0.25, -0.2) is 4.39 Å². The SMILES string of the molecule is CCCCC[C@@H](c1c(C(F)(F)F)ccc(Cl)c1F)N1CCNCC1.Cl.Cl. The number of rotatable bonds is 6. The lowest BCUT2D eigenvalue weighted by atomic mass is 9.93. The van der Waals surface area contributed by atoms with Gasteiger partial charge in [-0.1, -0.05) is 37.8 Å². The molecule has 2 rings (SSSR count). The van der Waals surface area contributed by atoms with Gasteiger partial charge in [0, 0.05) is 37.8 Å². The average molecular weight is 440 g/mol. The minimum atomic E-state index is -4.60. The fraction of sp³-hybridized carbons (Fsp3) is 0.647. The van der Waals surface area contributed by atoms with Crippen LogP contribution < -0.4 is 5.32 Å². The Kier molecular flexibility index (Phi) is 11.4. The first-order chi connectivity index (χ1) is 11.4. The molecule has 1 fully saturated rings. The van der Waals surface area contributed by atoms with Crippen molar-refractivity contribution in [3.05, 3.63) is 34.1 Å². The molecule has 1 aliphatic rings. The lowest BCUT2D eigenvalue weighted by molar-refractivity contribution is -0.139. The van der Waals surface area contributed by atoms with E-state index >= 15 is 0 Å². The smallest absolute Gasteiger partial charge is 0.314 e. The van der Waals surface area contributed by atoms with Gasteiger partial charge in [0.25, 0.3) is 0 Å². The molecule has 0 saturated carbocycles. The molecule has 1 aliphatic heterocycles. The van der Waals surface area contributed by atoms with E-state index in [2.05, 4.69) is 5.32 Å². The summed E-state index contributed by atoms with van der Waals surface area (Å²) in [6, 6.07) is 1.29. The van der Waals surface area contributed by atoms with E-state index in [-0.39, 0.29) is 35.4 Å². The van der Waals surface area contributed by atoms with Crippen molar-refractivity contribution in [1.29, 1.82) is 0 Å². The Labute approximate surface area is 169 Å². The largest absolute Gasteiger partial charge is 0.416 e. The fourth-order valence-electron chi connectivity index (χ4n) is 3.23. The van der Waals surface area contributed by atoms with Crippen molar-refractivity contribution in [2.45, 2.75) is 44.8 Å². The van der Waals surface area contributed by atoms with Gasteiger partial charge in [-0.05, 0) is 18.6 Å². The van der Waals surface area contributed by atoms with E-state index in [0.29, 0.717) is 32.6 Å². The summed E-state index contributed by atoms with van der Waals surface area (Å²) in [5.41, 5.74) is -1.21. The molecule has 1 aromatic rings. The molecular weight excluding hydrogens is 415 g/mol. The fourth-order valence-corrected chi connectivity index (χ4v) is 3.40. The van der Waals surface area contributed by atoms with Crippen LogP contribution in [0.15, 0.2) is 12.1 Å². The number of halogens is 7. The molecule has 2 nitrogen and oxygen atoms in total. The number of hydrogen-bond acceptors (Lipinski definition) is 2. The molecule has 1 heterocycles. The molecule has 0 bridgehead atoms. The van der Waals surface area contributed by atoms with Crippen LogP contribution >= 0.6 is 36.4 Å². The second-order valence-electron chi connectivity index (χ2n) is 6.12. The Morgan fingerprint density at radius 3 is 2.31 bits per heavy atom. The summed E-state index contributed by atoms with van der Waals surface area (Å²) < 4.78 is 54.9. The Balaban J connectivity index is 0.00000312. The molecule has 9 heteroatoms. The van der Waals surface area contributed by atoms with E-state index in [1.165, 1.54) is 0 Å². The van der Waals surface area contributed by atoms with Crippen LogP contribution in [0.25, 0.3) is 0 Å². The molecule has 1 saturated heterocycles. The minimum absolute atomic E-state index is 0. The molecular formula is C17H25Cl3F4N2. The summed E-state index contributed by atoms with van der Waals surface area (Å²) in [5.74, 6) is -0.938. The summed E-state index contributed by atoms with van der Waals surface area (Å²) in [7, 11) is 0. The van der Waals surface area contributed by atoms with Gasteiger partial charge in [0.2, 0.25) is 0 Å². The number of unbranched alkanes of at least 4 members (excludes halogenated alkanes) is 2. The zero-order valence-corrected chi connectivity index (χ0v) is 16.9. The first kappa shape index (κ1) is 25.7. The highest BCUT2D eigenvalue weighted by atomic mass is 35.5. The topological polar surface area (TPSA) is 15.3 Å². The lowest BCUT2D eigenvalue weighted by Crippen LogP contribution is -2.45. The third-order valence-corrected chi connectivity index (χ3v) is 4.74. The molecule has 0 unspecified atom stereocenters. The summed E-state index contributed by atoms with van der Waals surface area (Å²) in [6.45, 7) is 4.60. The number of piperazine rings is 1. The van der Waals surface area contributed by atoms with Gasteiger partial charge in [0.15, 0.2) is 0 Å². The van der Waals surface area contributed by atoms with Crippen LogP contribution in [0.2, 0.25) is 5.02 Å². The third kappa shape index (κ3) is 6.41. The first-order valence-corrected chi connectivity index (χ1v) is 8.74. The quantitative estimate of drug-likeness (QED) is 0.440. The number of nitrogens with zero attached hydrogens (tertiary/aromatic N) is 1. The van der Waals surface area contributed by atoms with Crippen LogP contribution in [0.3, 0.4) is 0 Å². The molecule has 1 N–H and O–H groups in total. The van der Waals surface area contributed by atoms with Crippen molar-refractivity contribution in [3.8, 4) is 0 Å². The van der Waals surface area contributed by atoms with Crippen LogP contribution in [0.5, 0.6) is 0 Å². The third-order valence-electron chi connectivity index (χ3n) is 4.44. The molecule has 1 atom stereocenters. The maximum atomic E-state index is 14.6. The Hall–Kier alpha value is -0.270. The van der Waals surface area contributed by atoms with Crippen LogP contribution in [0.4, 0.5) is 17.6 Å². The number of hydrogen-bond donors (Lipinski definition) is 1. The Morgan fingerprint density at radius 1 is 1.15 bits per heavy atom. The predicted octanol–water partition coefficient (Wildman–Crippen LogP) is 5.87. The van der Waals surface area contributed by atoms with Crippen LogP contribution in [0.1, 0.15) is 49.8 Å². The molecule has 0 aromatic heterocycles. The van der Waals surface area contributed by atoms with E-state index in [0.717, 1.165) is 31.4 Å². The van der Waals surface area contributed by atoms with Crippen molar-refractivity contribution in [3.63, 3.8) is 0 Å². The first-order valence-electron chi connectivity index (χ1n) is 8.36. The van der Waals surface area contributed by atoms with Crippen LogP contribution in [0, 0.1) is 5.82 Å². The van der Waals surface area contributed by atoms with Crippen molar-refractivity contribution in [2.24, 2.45) is 0 Å². The summed E-state index contributed by atoms with van der Waals surface area (Å²) in [4.78, 5) is 1.94. The maximum Gasteiger partial charge on any atom is 0.416 e. The summed E-state index contributed by atoms with van der Waals surface area (Å²) in [5, 5.41) is 2.92. The van der Waals surface area contributed by atoms with Crippen molar-refractivity contribution >= 4 is 36.4 Å². The standard InChI is InChI=1S/C17H23ClF4N2.2ClH/c1-2-3-4-5-14(24-10-8-23-9-11-24)15-12(17(20,21)22)6-7-13(18)16(15)19;;/h6-7,14,23H,2-5,8-11H2,1H3;2*1H/t14-;;/m0../s1. The predicted molar refractivity (Wildman–Crippen MR) is 102 cm³/mol. The zero-order chi connectivity index (χ0) is 17.7. The Bertz CT molecular complexity index is 550. The van der Waals surface area contributed by atoms with Gasteiger partial charge in [-0.3, -0.25) is 4.90 Å². The van der Waals surface area contributed by atoms with E-state index in [1.807, 2.05) is 11.8 Å². The number of alkyl halides is 3. The lowest BCUT2D eigenvalue weighted by Gasteiger charge is -2.36. The monoisotopic (exact) mass is 438 g/mol. The van der Waals surface area contributed by atoms with Gasteiger partial charge in [-0.2, -0.15) is 13.2 Å². The average Bonchev–Trinajstić information content (AvgIpc) is 2.54. The van der Waals surface area contributed by atoms with Crippen molar-refractivity contribution in [2.75, 3.05) is 26.2 Å². The van der Waals surface area contributed by atoms with E-state index in [9.17, 15) is 17.6 Å². The molecule has 0 spiro atoms. The number of nitrogens with one attached hydrogen (secondary N) is 1. The Morgan fingerprint density at radius 2 is 1.77 bits per heavy atom. The zero-order valence-electron chi connectivity index (χ0n) is 14.5. The molecule has 0 aliphatic carbocycles. The van der Waals surface area contributed by atoms with Crippen molar-refractivity contribution < 1.29 is 17.6 Å². The molecule has 152 valence electrons. The van der Waals surface area contributed by atoms with Gasteiger partial charge in [-0.15, -0.1) is 24.8 Å². The molecule has 0 amide bonds. The second-order valence-corrected chi connectivity index (χ2v) is 6.53. The van der Waals surface area contributed by atoms with Crippen LogP contribution in [-0.4, -0.2) is 31.1 Å². The molecule has 1 aromatic carbocycles. The van der Waals surface area contributed by atoms with Gasteiger partial charge in [0.05, 0.1) is 10.6 Å². The minimum Gasteiger partial charge on any atom is -0.314 e.